The van der Waals surface area contributed by atoms with Gasteiger partial charge in [-0.15, -0.1) is 0 Å². The summed E-state index contributed by atoms with van der Waals surface area (Å²) in [5.41, 5.74) is 0. The minimum Gasteiger partial charge on any atom is -0.508 e. The molecule has 0 radical (unpaired) electrons. The number of rotatable bonds is 0. The minimum absolute atomic E-state index is 0.0893. The summed E-state index contributed by atoms with van der Waals surface area (Å²) in [6, 6.07) is 5.01. The van der Waals surface area contributed by atoms with Gasteiger partial charge >= 0.3 is 0 Å². The maximum Gasteiger partial charge on any atom is 0.123 e. The number of hydrogen-bond acceptors (Lipinski definition) is 2. The third-order valence-corrected chi connectivity index (χ3v) is 0.827. The Balaban J connectivity index is 0.000000371. The monoisotopic (exact) mass is 142 g/mol. The lowest BCUT2D eigenvalue weighted by Crippen LogP contribution is -1.67. The Morgan fingerprint density at radius 1 is 1.20 bits per heavy atom. The molecule has 0 aliphatic heterocycles. The van der Waals surface area contributed by atoms with Gasteiger partial charge in [-0.1, -0.05) is 0 Å². The van der Waals surface area contributed by atoms with Crippen molar-refractivity contribution in [3.8, 4) is 5.75 Å². The molecule has 0 heterocycles. The summed E-state index contributed by atoms with van der Waals surface area (Å²) in [6.07, 6.45) is 0. The molecule has 0 amide bonds. The van der Waals surface area contributed by atoms with Crippen LogP contribution in [0.5, 0.6) is 5.75 Å². The van der Waals surface area contributed by atoms with Crippen molar-refractivity contribution in [1.82, 2.24) is 0 Å². The van der Waals surface area contributed by atoms with Crippen molar-refractivity contribution < 1.29 is 14.3 Å². The van der Waals surface area contributed by atoms with E-state index < -0.39 is 0 Å². The number of benzene rings is 1. The van der Waals surface area contributed by atoms with Gasteiger partial charge in [0.05, 0.1) is 0 Å². The van der Waals surface area contributed by atoms with Gasteiger partial charge in [0.15, 0.2) is 0 Å². The lowest BCUT2D eigenvalue weighted by Gasteiger charge is -1.86. The summed E-state index contributed by atoms with van der Waals surface area (Å²) < 4.78 is 12.0. The lowest BCUT2D eigenvalue weighted by atomic mass is 10.3. The molecule has 0 unspecified atom stereocenters. The van der Waals surface area contributed by atoms with Gasteiger partial charge in [0.25, 0.3) is 0 Å². The SMILES string of the molecule is C=O.Oc1ccc(F)cc1. The number of phenolic OH excluding ortho intramolecular Hbond substituents is 1. The fraction of sp³-hybridized carbons (Fsp3) is 0. The first-order valence-corrected chi connectivity index (χ1v) is 2.52. The Morgan fingerprint density at radius 3 is 1.90 bits per heavy atom. The first kappa shape index (κ1) is 8.62. The summed E-state index contributed by atoms with van der Waals surface area (Å²) in [7, 11) is 0. The van der Waals surface area contributed by atoms with Crippen LogP contribution in [-0.2, 0) is 4.79 Å². The number of carbonyl (C=O) groups excluding carboxylic acids is 1. The summed E-state index contributed by atoms with van der Waals surface area (Å²) in [6.45, 7) is 2.00. The molecule has 0 aliphatic rings. The molecule has 1 N–H and O–H groups in total. The van der Waals surface area contributed by atoms with E-state index >= 15 is 0 Å². The smallest absolute Gasteiger partial charge is 0.123 e. The van der Waals surface area contributed by atoms with Crippen molar-refractivity contribution in [3.05, 3.63) is 30.1 Å². The molecule has 0 spiro atoms. The van der Waals surface area contributed by atoms with Crippen molar-refractivity contribution in [2.45, 2.75) is 0 Å². The highest BCUT2D eigenvalue weighted by atomic mass is 19.1. The Bertz CT molecular complexity index is 162. The average Bonchev–Trinajstić information content (AvgIpc) is 2.00. The molecule has 0 saturated carbocycles. The van der Waals surface area contributed by atoms with Crippen LogP contribution in [0.2, 0.25) is 0 Å². The zero-order chi connectivity index (χ0) is 7.98. The van der Waals surface area contributed by atoms with Crippen LogP contribution in [-0.4, -0.2) is 11.9 Å². The summed E-state index contributed by atoms with van der Waals surface area (Å²) >= 11 is 0. The van der Waals surface area contributed by atoms with Crippen LogP contribution in [0, 0.1) is 5.82 Å². The summed E-state index contributed by atoms with van der Waals surface area (Å²) in [5, 5.41) is 8.59. The largest absolute Gasteiger partial charge is 0.508 e. The van der Waals surface area contributed by atoms with E-state index in [-0.39, 0.29) is 11.6 Å². The number of phenols is 1. The second-order valence-electron chi connectivity index (χ2n) is 1.48. The molecule has 0 saturated heterocycles. The van der Waals surface area contributed by atoms with Crippen molar-refractivity contribution in [2.24, 2.45) is 0 Å². The second kappa shape index (κ2) is 4.49. The lowest BCUT2D eigenvalue weighted by molar-refractivity contribution is -0.0979. The zero-order valence-electron chi connectivity index (χ0n) is 5.25. The van der Waals surface area contributed by atoms with Crippen molar-refractivity contribution in [3.63, 3.8) is 0 Å². The van der Waals surface area contributed by atoms with Crippen LogP contribution >= 0.6 is 0 Å². The molecule has 0 aromatic heterocycles. The number of halogens is 1. The number of hydrogen-bond donors (Lipinski definition) is 1. The predicted octanol–water partition coefficient (Wildman–Crippen LogP) is 1.35. The number of aromatic hydroxyl groups is 1. The Labute approximate surface area is 57.9 Å². The third-order valence-electron chi connectivity index (χ3n) is 0.827. The van der Waals surface area contributed by atoms with Crippen LogP contribution in [0.25, 0.3) is 0 Å². The molecule has 0 atom stereocenters. The third kappa shape index (κ3) is 2.81. The highest BCUT2D eigenvalue weighted by molar-refractivity contribution is 5.19. The highest BCUT2D eigenvalue weighted by Crippen LogP contribution is 2.06. The maximum absolute atomic E-state index is 12.0. The first-order chi connectivity index (χ1) is 4.79. The van der Waals surface area contributed by atoms with Crippen molar-refractivity contribution >= 4 is 6.79 Å². The first-order valence-electron chi connectivity index (χ1n) is 2.52. The predicted molar refractivity (Wildman–Crippen MR) is 35.2 cm³/mol. The summed E-state index contributed by atoms with van der Waals surface area (Å²) in [5.74, 6) is -0.241. The van der Waals surface area contributed by atoms with Crippen LogP contribution in [0.1, 0.15) is 0 Å². The van der Waals surface area contributed by atoms with E-state index in [1.54, 1.807) is 0 Å². The molecule has 1 rings (SSSR count). The number of carbonyl (C=O) groups is 1. The van der Waals surface area contributed by atoms with E-state index in [2.05, 4.69) is 0 Å². The molecule has 3 heteroatoms. The molecule has 2 nitrogen and oxygen atoms in total. The molecule has 54 valence electrons. The molecule has 1 aromatic carbocycles. The average molecular weight is 142 g/mol. The Hall–Kier alpha value is -1.38. The summed E-state index contributed by atoms with van der Waals surface area (Å²) in [4.78, 5) is 8.00. The van der Waals surface area contributed by atoms with Gasteiger partial charge in [-0.05, 0) is 24.3 Å². The fourth-order valence-electron chi connectivity index (χ4n) is 0.441. The van der Waals surface area contributed by atoms with Crippen LogP contribution in [0.3, 0.4) is 0 Å². The van der Waals surface area contributed by atoms with Crippen molar-refractivity contribution in [1.29, 1.82) is 0 Å². The van der Waals surface area contributed by atoms with Crippen LogP contribution in [0.15, 0.2) is 24.3 Å². The molecule has 10 heavy (non-hydrogen) atoms. The molecule has 0 fully saturated rings. The van der Waals surface area contributed by atoms with Gasteiger partial charge in [-0.25, -0.2) is 4.39 Å². The van der Waals surface area contributed by atoms with Gasteiger partial charge < -0.3 is 9.90 Å². The van der Waals surface area contributed by atoms with Gasteiger partial charge in [0, 0.05) is 0 Å². The second-order valence-corrected chi connectivity index (χ2v) is 1.48. The van der Waals surface area contributed by atoms with E-state index in [1.165, 1.54) is 24.3 Å². The topological polar surface area (TPSA) is 37.3 Å². The fourth-order valence-corrected chi connectivity index (χ4v) is 0.441. The van der Waals surface area contributed by atoms with Gasteiger partial charge in [-0.3, -0.25) is 0 Å². The zero-order valence-corrected chi connectivity index (χ0v) is 5.25. The van der Waals surface area contributed by atoms with Crippen molar-refractivity contribution in [2.75, 3.05) is 0 Å². The van der Waals surface area contributed by atoms with E-state index in [9.17, 15) is 4.39 Å². The Morgan fingerprint density at radius 2 is 1.60 bits per heavy atom. The van der Waals surface area contributed by atoms with E-state index in [0.29, 0.717) is 0 Å². The van der Waals surface area contributed by atoms with E-state index in [0.717, 1.165) is 0 Å². The maximum atomic E-state index is 12.0. The standard InChI is InChI=1S/C6H5FO.CH2O/c7-5-1-3-6(8)4-2-5;1-2/h1-4,8H;1H2. The molecular formula is C7H7FO2. The van der Waals surface area contributed by atoms with E-state index in [1.807, 2.05) is 6.79 Å². The molecule has 1 aromatic rings. The quantitative estimate of drug-likeness (QED) is 0.593. The van der Waals surface area contributed by atoms with Gasteiger partial charge in [-0.2, -0.15) is 0 Å². The molecule has 0 bridgehead atoms. The van der Waals surface area contributed by atoms with Gasteiger partial charge in [0.1, 0.15) is 18.4 Å². The van der Waals surface area contributed by atoms with Crippen LogP contribution < -0.4 is 0 Å². The molecular weight excluding hydrogens is 135 g/mol. The highest BCUT2D eigenvalue weighted by Gasteiger charge is 1.85. The molecule has 0 aliphatic carbocycles. The Kier molecular flexibility index (Phi) is 3.87. The van der Waals surface area contributed by atoms with E-state index in [4.69, 9.17) is 9.90 Å². The normalized spacial score (nSPS) is 7.70. The van der Waals surface area contributed by atoms with Gasteiger partial charge in [0.2, 0.25) is 0 Å². The minimum atomic E-state index is -0.331. The van der Waals surface area contributed by atoms with Crippen LogP contribution in [0.4, 0.5) is 4.39 Å².